The highest BCUT2D eigenvalue weighted by Crippen LogP contribution is 2.38. The maximum atomic E-state index is 6.32. The highest BCUT2D eigenvalue weighted by molar-refractivity contribution is 6.33. The molecule has 2 aromatic rings. The Hall–Kier alpha value is -2.01. The fourth-order valence-electron chi connectivity index (χ4n) is 2.52. The first kappa shape index (κ1) is 13.9. The van der Waals surface area contributed by atoms with Crippen molar-refractivity contribution in [2.75, 3.05) is 41.8 Å². The molecule has 0 saturated carbocycles. The Morgan fingerprint density at radius 3 is 2.76 bits per heavy atom. The quantitative estimate of drug-likeness (QED) is 0.943. The summed E-state index contributed by atoms with van der Waals surface area (Å²) in [7, 11) is 2.10. The van der Waals surface area contributed by atoms with Crippen LogP contribution in [-0.4, -0.2) is 36.6 Å². The average molecular weight is 304 g/mol. The smallest absolute Gasteiger partial charge is 0.224 e. The number of para-hydroxylation sites is 2. The van der Waals surface area contributed by atoms with Gasteiger partial charge in [0.25, 0.3) is 0 Å². The number of nitrogens with zero attached hydrogens (tertiary/aromatic N) is 4. The Kier molecular flexibility index (Phi) is 3.84. The number of rotatable bonds is 3. The lowest BCUT2D eigenvalue weighted by Gasteiger charge is -2.36. The largest absolute Gasteiger partial charge is 0.371 e. The minimum Gasteiger partial charge on any atom is -0.371 e. The zero-order valence-electron chi connectivity index (χ0n) is 12.2. The van der Waals surface area contributed by atoms with Crippen molar-refractivity contribution in [3.05, 3.63) is 35.5 Å². The third kappa shape index (κ3) is 2.61. The van der Waals surface area contributed by atoms with Gasteiger partial charge in [0.05, 0.1) is 17.6 Å². The molecule has 0 unspecified atom stereocenters. The van der Waals surface area contributed by atoms with Gasteiger partial charge in [-0.2, -0.15) is 4.98 Å². The van der Waals surface area contributed by atoms with Crippen LogP contribution < -0.4 is 15.1 Å². The summed E-state index contributed by atoms with van der Waals surface area (Å²) in [5.74, 6) is 1.36. The number of aromatic nitrogens is 2. The molecule has 2 heterocycles. The number of nitrogens with one attached hydrogen (secondary N) is 1. The number of hydrogen-bond donors (Lipinski definition) is 1. The Labute approximate surface area is 129 Å². The van der Waals surface area contributed by atoms with Crippen molar-refractivity contribution >= 4 is 34.7 Å². The minimum absolute atomic E-state index is 0.566. The SMILES string of the molecule is CCNc1ncc(Cl)c(N2CCN(C)c3ccccc32)n1. The van der Waals surface area contributed by atoms with Gasteiger partial charge in [0, 0.05) is 26.7 Å². The summed E-state index contributed by atoms with van der Waals surface area (Å²) in [4.78, 5) is 13.2. The zero-order chi connectivity index (χ0) is 14.8. The molecule has 21 heavy (non-hydrogen) atoms. The monoisotopic (exact) mass is 303 g/mol. The van der Waals surface area contributed by atoms with Gasteiger partial charge in [-0.1, -0.05) is 23.7 Å². The van der Waals surface area contributed by atoms with E-state index in [4.69, 9.17) is 11.6 Å². The number of halogens is 1. The minimum atomic E-state index is 0.566. The lowest BCUT2D eigenvalue weighted by Crippen LogP contribution is -2.37. The lowest BCUT2D eigenvalue weighted by atomic mass is 10.2. The second-order valence-corrected chi connectivity index (χ2v) is 5.36. The first-order valence-electron chi connectivity index (χ1n) is 7.05. The van der Waals surface area contributed by atoms with Crippen LogP contribution in [0.2, 0.25) is 5.02 Å². The molecule has 1 aliphatic heterocycles. The number of fused-ring (bicyclic) bond motifs is 1. The van der Waals surface area contributed by atoms with Crippen molar-refractivity contribution in [3.8, 4) is 0 Å². The molecule has 0 bridgehead atoms. The van der Waals surface area contributed by atoms with Crippen LogP contribution in [0.1, 0.15) is 6.92 Å². The Bertz CT molecular complexity index is 646. The summed E-state index contributed by atoms with van der Waals surface area (Å²) in [6.45, 7) is 4.56. The Morgan fingerprint density at radius 2 is 2.00 bits per heavy atom. The molecule has 0 aliphatic carbocycles. The molecule has 1 aromatic heterocycles. The fraction of sp³-hybridized carbons (Fsp3) is 0.333. The normalized spacial score (nSPS) is 14.0. The van der Waals surface area contributed by atoms with Gasteiger partial charge in [-0.15, -0.1) is 0 Å². The van der Waals surface area contributed by atoms with E-state index in [-0.39, 0.29) is 0 Å². The van der Waals surface area contributed by atoms with Crippen LogP contribution in [0, 0.1) is 0 Å². The van der Waals surface area contributed by atoms with Crippen LogP contribution in [0.3, 0.4) is 0 Å². The molecule has 0 atom stereocenters. The van der Waals surface area contributed by atoms with Gasteiger partial charge in [0.2, 0.25) is 5.95 Å². The molecule has 3 rings (SSSR count). The molecule has 6 heteroatoms. The van der Waals surface area contributed by atoms with E-state index in [9.17, 15) is 0 Å². The summed E-state index contributed by atoms with van der Waals surface area (Å²) in [5.41, 5.74) is 2.30. The van der Waals surface area contributed by atoms with Crippen LogP contribution in [0.25, 0.3) is 0 Å². The fourth-order valence-corrected chi connectivity index (χ4v) is 2.71. The van der Waals surface area contributed by atoms with E-state index in [1.807, 2.05) is 19.1 Å². The van der Waals surface area contributed by atoms with Crippen molar-refractivity contribution in [1.82, 2.24) is 9.97 Å². The highest BCUT2D eigenvalue weighted by atomic mass is 35.5. The van der Waals surface area contributed by atoms with E-state index in [2.05, 4.69) is 44.3 Å². The predicted molar refractivity (Wildman–Crippen MR) is 87.9 cm³/mol. The van der Waals surface area contributed by atoms with E-state index < -0.39 is 0 Å². The molecular formula is C15H18ClN5. The van der Waals surface area contributed by atoms with Gasteiger partial charge in [0.15, 0.2) is 5.82 Å². The van der Waals surface area contributed by atoms with Gasteiger partial charge < -0.3 is 15.1 Å². The molecule has 0 amide bonds. The van der Waals surface area contributed by atoms with Crippen molar-refractivity contribution in [2.24, 2.45) is 0 Å². The average Bonchev–Trinajstić information content (AvgIpc) is 2.51. The van der Waals surface area contributed by atoms with E-state index >= 15 is 0 Å². The van der Waals surface area contributed by atoms with Crippen LogP contribution >= 0.6 is 11.6 Å². The van der Waals surface area contributed by atoms with Gasteiger partial charge in [-0.3, -0.25) is 0 Å². The first-order chi connectivity index (χ1) is 10.2. The maximum absolute atomic E-state index is 6.32. The van der Waals surface area contributed by atoms with Crippen LogP contribution in [0.5, 0.6) is 0 Å². The van der Waals surface area contributed by atoms with Crippen LogP contribution in [-0.2, 0) is 0 Å². The zero-order valence-corrected chi connectivity index (χ0v) is 12.9. The molecular weight excluding hydrogens is 286 g/mol. The second kappa shape index (κ2) is 5.77. The summed E-state index contributed by atoms with van der Waals surface area (Å²) < 4.78 is 0. The first-order valence-corrected chi connectivity index (χ1v) is 7.42. The van der Waals surface area contributed by atoms with E-state index in [1.165, 1.54) is 5.69 Å². The van der Waals surface area contributed by atoms with Crippen molar-refractivity contribution in [3.63, 3.8) is 0 Å². The van der Waals surface area contributed by atoms with E-state index in [1.54, 1.807) is 6.20 Å². The number of likely N-dealkylation sites (N-methyl/N-ethyl adjacent to an activating group) is 1. The molecule has 5 nitrogen and oxygen atoms in total. The second-order valence-electron chi connectivity index (χ2n) is 4.96. The van der Waals surface area contributed by atoms with E-state index in [0.717, 1.165) is 31.1 Å². The molecule has 110 valence electrons. The summed E-state index contributed by atoms with van der Waals surface area (Å²) in [5, 5.41) is 3.69. The van der Waals surface area contributed by atoms with Gasteiger partial charge in [0.1, 0.15) is 5.02 Å². The Balaban J connectivity index is 2.05. The summed E-state index contributed by atoms with van der Waals surface area (Å²) in [6, 6.07) is 8.29. The number of benzene rings is 1. The molecule has 0 saturated heterocycles. The van der Waals surface area contributed by atoms with Crippen LogP contribution in [0.4, 0.5) is 23.1 Å². The van der Waals surface area contributed by atoms with Crippen LogP contribution in [0.15, 0.2) is 30.5 Å². The highest BCUT2D eigenvalue weighted by Gasteiger charge is 2.24. The summed E-state index contributed by atoms with van der Waals surface area (Å²) >= 11 is 6.32. The third-order valence-corrected chi connectivity index (χ3v) is 3.83. The number of hydrogen-bond acceptors (Lipinski definition) is 5. The standard InChI is InChI=1S/C15H18ClN5/c1-3-17-15-18-10-11(16)14(19-15)21-9-8-20(2)12-6-4-5-7-13(12)21/h4-7,10H,3,8-9H2,1-2H3,(H,17,18,19). The topological polar surface area (TPSA) is 44.3 Å². The molecule has 1 aliphatic rings. The summed E-state index contributed by atoms with van der Waals surface area (Å²) in [6.07, 6.45) is 1.66. The third-order valence-electron chi connectivity index (χ3n) is 3.56. The van der Waals surface area contributed by atoms with E-state index in [0.29, 0.717) is 11.0 Å². The van der Waals surface area contributed by atoms with Gasteiger partial charge in [-0.25, -0.2) is 4.98 Å². The molecule has 0 fully saturated rings. The van der Waals surface area contributed by atoms with Gasteiger partial charge >= 0.3 is 0 Å². The van der Waals surface area contributed by atoms with Gasteiger partial charge in [-0.05, 0) is 19.1 Å². The van der Waals surface area contributed by atoms with Crippen molar-refractivity contribution in [1.29, 1.82) is 0 Å². The Morgan fingerprint density at radius 1 is 1.24 bits per heavy atom. The molecule has 1 N–H and O–H groups in total. The molecule has 0 radical (unpaired) electrons. The van der Waals surface area contributed by atoms with Crippen molar-refractivity contribution < 1.29 is 0 Å². The number of anilines is 4. The lowest BCUT2D eigenvalue weighted by molar-refractivity contribution is 0.812. The van der Waals surface area contributed by atoms with Crippen molar-refractivity contribution in [2.45, 2.75) is 6.92 Å². The maximum Gasteiger partial charge on any atom is 0.224 e. The predicted octanol–water partition coefficient (Wildman–Crippen LogP) is 3.15. The molecule has 0 spiro atoms. The molecule has 1 aromatic carbocycles.